The Bertz CT molecular complexity index is 770. The van der Waals surface area contributed by atoms with Gasteiger partial charge in [-0.2, -0.15) is 0 Å². The average molecular weight is 368 g/mol. The lowest BCUT2D eigenvalue weighted by Crippen LogP contribution is -2.00. The Balaban J connectivity index is 1.83. The molecule has 0 aliphatic rings. The molecule has 21 heavy (non-hydrogen) atoms. The van der Waals surface area contributed by atoms with Crippen LogP contribution in [0.1, 0.15) is 11.3 Å². The molecule has 0 atom stereocenters. The summed E-state index contributed by atoms with van der Waals surface area (Å²) in [5.74, 6) is 0.258. The average Bonchev–Trinajstić information content (AvgIpc) is 3.05. The Kier molecular flexibility index (Phi) is 3.89. The van der Waals surface area contributed by atoms with E-state index in [1.54, 1.807) is 12.1 Å². The van der Waals surface area contributed by atoms with Crippen LogP contribution < -0.4 is 4.74 Å². The van der Waals surface area contributed by atoms with Gasteiger partial charge < -0.3 is 4.74 Å². The molecule has 0 saturated carbocycles. The number of alkyl halides is 1. The minimum Gasteiger partial charge on any atom is -0.480 e. The maximum Gasteiger partial charge on any atom is 0.310 e. The van der Waals surface area contributed by atoms with Gasteiger partial charge in [0.1, 0.15) is 6.61 Å². The molecule has 2 aromatic heterocycles. The fourth-order valence-corrected chi connectivity index (χ4v) is 2.97. The maximum absolute atomic E-state index is 11.0. The first-order valence-electron chi connectivity index (χ1n) is 6.04. The molecule has 0 amide bonds. The van der Waals surface area contributed by atoms with Gasteiger partial charge in [-0.25, -0.2) is 4.98 Å². The third-order valence-electron chi connectivity index (χ3n) is 2.89. The molecule has 108 valence electrons. The summed E-state index contributed by atoms with van der Waals surface area (Å²) >= 11 is 4.85. The highest BCUT2D eigenvalue weighted by atomic mass is 79.9. The highest BCUT2D eigenvalue weighted by Crippen LogP contribution is 2.29. The van der Waals surface area contributed by atoms with E-state index in [2.05, 4.69) is 20.9 Å². The van der Waals surface area contributed by atoms with Crippen LogP contribution in [0.4, 0.5) is 5.69 Å². The van der Waals surface area contributed by atoms with Crippen LogP contribution in [0.15, 0.2) is 36.0 Å². The molecule has 3 rings (SSSR count). The van der Waals surface area contributed by atoms with Crippen molar-refractivity contribution in [2.75, 3.05) is 0 Å². The Morgan fingerprint density at radius 2 is 2.33 bits per heavy atom. The summed E-state index contributed by atoms with van der Waals surface area (Å²) in [6.07, 6.45) is 3.76. The van der Waals surface area contributed by atoms with E-state index < -0.39 is 4.92 Å². The van der Waals surface area contributed by atoms with Crippen LogP contribution in [-0.4, -0.2) is 14.3 Å². The Morgan fingerprint density at radius 3 is 3.05 bits per heavy atom. The second-order valence-corrected chi connectivity index (χ2v) is 5.74. The molecule has 0 aliphatic carbocycles. The summed E-state index contributed by atoms with van der Waals surface area (Å²) in [4.78, 5) is 15.8. The number of hydrogen-bond acceptors (Lipinski definition) is 5. The number of nitro benzene ring substituents is 1. The van der Waals surface area contributed by atoms with Gasteiger partial charge in [0.05, 0.1) is 10.6 Å². The molecule has 1 aromatic carbocycles. The van der Waals surface area contributed by atoms with E-state index in [1.807, 2.05) is 22.2 Å². The fourth-order valence-electron chi connectivity index (χ4n) is 1.91. The van der Waals surface area contributed by atoms with Gasteiger partial charge in [0.15, 0.2) is 10.7 Å². The van der Waals surface area contributed by atoms with Crippen molar-refractivity contribution in [3.05, 3.63) is 57.3 Å². The lowest BCUT2D eigenvalue weighted by Gasteiger charge is -2.06. The van der Waals surface area contributed by atoms with E-state index in [0.717, 1.165) is 16.2 Å². The van der Waals surface area contributed by atoms with Crippen molar-refractivity contribution in [2.45, 2.75) is 11.9 Å². The highest BCUT2D eigenvalue weighted by Gasteiger charge is 2.16. The van der Waals surface area contributed by atoms with Crippen LogP contribution in [0.2, 0.25) is 0 Å². The molecule has 6 nitrogen and oxygen atoms in total. The van der Waals surface area contributed by atoms with Crippen molar-refractivity contribution >= 4 is 37.9 Å². The minimum atomic E-state index is -0.445. The van der Waals surface area contributed by atoms with Gasteiger partial charge in [-0.15, -0.1) is 11.3 Å². The number of hydrogen-bond donors (Lipinski definition) is 0. The zero-order valence-electron chi connectivity index (χ0n) is 10.7. The number of thiazole rings is 1. The van der Waals surface area contributed by atoms with Gasteiger partial charge in [-0.05, 0) is 11.6 Å². The number of nitrogens with zero attached hydrogens (tertiary/aromatic N) is 3. The normalized spacial score (nSPS) is 10.9. The second kappa shape index (κ2) is 5.82. The number of rotatable bonds is 5. The largest absolute Gasteiger partial charge is 0.480 e. The molecule has 0 bridgehead atoms. The molecular weight excluding hydrogens is 358 g/mol. The molecule has 0 unspecified atom stereocenters. The molecule has 2 heterocycles. The van der Waals surface area contributed by atoms with Crippen molar-refractivity contribution in [3.8, 4) is 5.75 Å². The van der Waals surface area contributed by atoms with E-state index in [1.165, 1.54) is 17.4 Å². The van der Waals surface area contributed by atoms with Crippen LogP contribution >= 0.6 is 27.3 Å². The summed E-state index contributed by atoms with van der Waals surface area (Å²) < 4.78 is 7.49. The number of fused-ring (bicyclic) bond motifs is 1. The molecule has 0 fully saturated rings. The second-order valence-electron chi connectivity index (χ2n) is 4.31. The van der Waals surface area contributed by atoms with Crippen molar-refractivity contribution in [2.24, 2.45) is 0 Å². The van der Waals surface area contributed by atoms with E-state index in [9.17, 15) is 10.1 Å². The Hall–Kier alpha value is -1.93. The monoisotopic (exact) mass is 367 g/mol. The topological polar surface area (TPSA) is 69.7 Å². The van der Waals surface area contributed by atoms with Crippen LogP contribution in [0.3, 0.4) is 0 Å². The lowest BCUT2D eigenvalue weighted by atomic mass is 10.2. The molecular formula is C13H10BrN3O3S. The first kappa shape index (κ1) is 14.0. The van der Waals surface area contributed by atoms with Gasteiger partial charge in [0.2, 0.25) is 0 Å². The number of imidazole rings is 1. The summed E-state index contributed by atoms with van der Waals surface area (Å²) in [5.41, 5.74) is 1.61. The number of ether oxygens (including phenoxy) is 1. The van der Waals surface area contributed by atoms with Crippen molar-refractivity contribution in [1.29, 1.82) is 0 Å². The zero-order valence-corrected chi connectivity index (χ0v) is 13.1. The molecule has 0 radical (unpaired) electrons. The third-order valence-corrected chi connectivity index (χ3v) is 4.31. The number of aromatic nitrogens is 2. The van der Waals surface area contributed by atoms with Crippen LogP contribution in [0.25, 0.3) is 4.96 Å². The first-order valence-corrected chi connectivity index (χ1v) is 8.04. The van der Waals surface area contributed by atoms with Gasteiger partial charge in [-0.1, -0.05) is 22.0 Å². The predicted molar refractivity (Wildman–Crippen MR) is 83.1 cm³/mol. The summed E-state index contributed by atoms with van der Waals surface area (Å²) in [7, 11) is 0. The molecule has 3 aromatic rings. The van der Waals surface area contributed by atoms with Gasteiger partial charge in [-0.3, -0.25) is 14.5 Å². The highest BCUT2D eigenvalue weighted by molar-refractivity contribution is 9.08. The van der Waals surface area contributed by atoms with Gasteiger partial charge in [0, 0.05) is 29.2 Å². The van der Waals surface area contributed by atoms with E-state index in [0.29, 0.717) is 5.33 Å². The maximum atomic E-state index is 11.0. The lowest BCUT2D eigenvalue weighted by molar-refractivity contribution is -0.386. The third kappa shape index (κ3) is 2.91. The van der Waals surface area contributed by atoms with Crippen LogP contribution in [0.5, 0.6) is 5.75 Å². The molecule has 8 heteroatoms. The molecule has 0 aliphatic heterocycles. The zero-order chi connectivity index (χ0) is 14.8. The summed E-state index contributed by atoms with van der Waals surface area (Å²) in [5, 5.41) is 13.6. The van der Waals surface area contributed by atoms with Gasteiger partial charge in [0.25, 0.3) is 0 Å². The van der Waals surface area contributed by atoms with Gasteiger partial charge >= 0.3 is 5.69 Å². The first-order chi connectivity index (χ1) is 10.2. The predicted octanol–water partition coefficient (Wildman–Crippen LogP) is 3.78. The molecule has 0 saturated heterocycles. The number of halogens is 1. The minimum absolute atomic E-state index is 0.0410. The Labute approximate surface area is 132 Å². The van der Waals surface area contributed by atoms with E-state index in [-0.39, 0.29) is 18.0 Å². The smallest absolute Gasteiger partial charge is 0.310 e. The number of nitro groups is 1. The van der Waals surface area contributed by atoms with Crippen molar-refractivity contribution < 1.29 is 9.66 Å². The summed E-state index contributed by atoms with van der Waals surface area (Å²) in [6.45, 7) is 0.195. The fraction of sp³-hybridized carbons (Fsp3) is 0.154. The van der Waals surface area contributed by atoms with Crippen molar-refractivity contribution in [3.63, 3.8) is 0 Å². The van der Waals surface area contributed by atoms with Crippen molar-refractivity contribution in [1.82, 2.24) is 9.38 Å². The molecule has 0 spiro atoms. The SMILES string of the molecule is O=[N+]([O-])c1ccc(CBr)cc1OCc1cn2ccsc2n1. The number of benzene rings is 1. The van der Waals surface area contributed by atoms with E-state index >= 15 is 0 Å². The van der Waals surface area contributed by atoms with Crippen LogP contribution in [0, 0.1) is 10.1 Å². The van der Waals surface area contributed by atoms with Crippen LogP contribution in [-0.2, 0) is 11.9 Å². The molecule has 0 N–H and O–H groups in total. The standard InChI is InChI=1S/C13H10BrN3O3S/c14-6-9-1-2-11(17(18)19)12(5-9)20-8-10-7-16-3-4-21-13(16)15-10/h1-5,7H,6,8H2. The quantitative estimate of drug-likeness (QED) is 0.390. The van der Waals surface area contributed by atoms with E-state index in [4.69, 9.17) is 4.74 Å². The summed E-state index contributed by atoms with van der Waals surface area (Å²) in [6, 6.07) is 4.83. The Morgan fingerprint density at radius 1 is 1.48 bits per heavy atom.